The quantitative estimate of drug-likeness (QED) is 0.584. The minimum absolute atomic E-state index is 0.0576. The third-order valence-electron chi connectivity index (χ3n) is 5.42. The van der Waals surface area contributed by atoms with E-state index in [1.54, 1.807) is 25.9 Å². The molecule has 29 heavy (non-hydrogen) atoms. The van der Waals surface area contributed by atoms with Gasteiger partial charge in [0.15, 0.2) is 5.76 Å². The summed E-state index contributed by atoms with van der Waals surface area (Å²) in [4.78, 5) is 3.36. The van der Waals surface area contributed by atoms with Crippen LogP contribution in [0.25, 0.3) is 10.9 Å². The predicted molar refractivity (Wildman–Crippen MR) is 115 cm³/mol. The number of rotatable bonds is 9. The highest BCUT2D eigenvalue weighted by Gasteiger charge is 2.21. The van der Waals surface area contributed by atoms with E-state index in [1.165, 1.54) is 16.5 Å². The summed E-state index contributed by atoms with van der Waals surface area (Å²) in [5.74, 6) is 1.72. The van der Waals surface area contributed by atoms with Gasteiger partial charge in [-0.25, -0.2) is 0 Å². The number of ether oxygens (including phenoxy) is 3. The maximum atomic E-state index is 5.69. The van der Waals surface area contributed by atoms with Crippen LogP contribution in [-0.2, 0) is 15.9 Å². The second-order valence-corrected chi connectivity index (χ2v) is 7.32. The summed E-state index contributed by atoms with van der Waals surface area (Å²) in [6.45, 7) is 0.918. The number of hydrogen-bond donors (Lipinski definition) is 2. The molecule has 2 N–H and O–H groups in total. The first-order chi connectivity index (χ1) is 14.3. The number of fused-ring (bicyclic) bond motifs is 1. The number of hydrogen-bond acceptors (Lipinski definition) is 4. The van der Waals surface area contributed by atoms with Crippen LogP contribution in [0.3, 0.4) is 0 Å². The van der Waals surface area contributed by atoms with Gasteiger partial charge in [-0.15, -0.1) is 0 Å². The lowest BCUT2D eigenvalue weighted by Gasteiger charge is -2.25. The fraction of sp³-hybridized carbons (Fsp3) is 0.333. The second-order valence-electron chi connectivity index (χ2n) is 7.32. The summed E-state index contributed by atoms with van der Waals surface area (Å²) in [6.07, 6.45) is 18.8. The molecule has 0 bridgehead atoms. The lowest BCUT2D eigenvalue weighted by atomic mass is 9.96. The first-order valence-electron chi connectivity index (χ1n) is 10.3. The molecule has 1 aliphatic heterocycles. The average molecular weight is 392 g/mol. The van der Waals surface area contributed by atoms with Gasteiger partial charge in [-0.05, 0) is 68.0 Å². The van der Waals surface area contributed by atoms with E-state index >= 15 is 0 Å². The number of unbranched alkanes of at least 4 members (excludes halogenated alkanes) is 1. The monoisotopic (exact) mass is 392 g/mol. The molecule has 0 saturated heterocycles. The number of aromatic nitrogens is 1. The number of benzene rings is 1. The molecule has 2 aromatic rings. The lowest BCUT2D eigenvalue weighted by molar-refractivity contribution is 0.233. The highest BCUT2D eigenvalue weighted by atomic mass is 16.5. The van der Waals surface area contributed by atoms with Crippen LogP contribution < -0.4 is 10.1 Å². The van der Waals surface area contributed by atoms with Crippen molar-refractivity contribution in [2.24, 2.45) is 0 Å². The summed E-state index contributed by atoms with van der Waals surface area (Å²) < 4.78 is 16.4. The van der Waals surface area contributed by atoms with Crippen molar-refractivity contribution in [3.8, 4) is 5.75 Å². The van der Waals surface area contributed by atoms with Gasteiger partial charge in [-0.1, -0.05) is 18.2 Å². The third kappa shape index (κ3) is 4.74. The topological polar surface area (TPSA) is 55.5 Å². The van der Waals surface area contributed by atoms with Gasteiger partial charge in [0.05, 0.1) is 13.2 Å². The number of nitrogens with one attached hydrogen (secondary N) is 2. The molecule has 5 nitrogen and oxygen atoms in total. The molecular weight excluding hydrogens is 364 g/mol. The fourth-order valence-corrected chi connectivity index (χ4v) is 3.86. The standard InChI is InChI=1S/C24H28N2O3/c1-27-20-10-11-22-21(15-20)19(16-26-22)9-5-6-12-25-24(18-7-3-2-4-8-18)23-17-28-13-14-29-23/h2-3,7,10-11,13-17,24-26H,4-6,8-9,12H2,1H3. The maximum Gasteiger partial charge on any atom is 0.159 e. The molecule has 2 aliphatic rings. The minimum atomic E-state index is 0.0576. The third-order valence-corrected chi connectivity index (χ3v) is 5.42. The van der Waals surface area contributed by atoms with Crippen LogP contribution in [0.15, 0.2) is 72.7 Å². The predicted octanol–water partition coefficient (Wildman–Crippen LogP) is 5.09. The van der Waals surface area contributed by atoms with Gasteiger partial charge in [-0.3, -0.25) is 0 Å². The van der Waals surface area contributed by atoms with E-state index in [2.05, 4.69) is 46.9 Å². The molecule has 0 fully saturated rings. The molecule has 1 atom stereocenters. The Balaban J connectivity index is 1.32. The molecule has 0 radical (unpaired) electrons. The van der Waals surface area contributed by atoms with Gasteiger partial charge < -0.3 is 24.5 Å². The zero-order valence-electron chi connectivity index (χ0n) is 16.8. The van der Waals surface area contributed by atoms with Crippen LogP contribution in [-0.4, -0.2) is 24.7 Å². The zero-order chi connectivity index (χ0) is 19.9. The van der Waals surface area contributed by atoms with Crippen molar-refractivity contribution in [2.45, 2.75) is 38.1 Å². The van der Waals surface area contributed by atoms with E-state index in [4.69, 9.17) is 14.2 Å². The largest absolute Gasteiger partial charge is 0.497 e. The first-order valence-corrected chi connectivity index (χ1v) is 10.3. The SMILES string of the molecule is COc1ccc2[nH]cc(CCCCNC(C3=CC=CCC3)C3=COC=CO3)c2c1. The number of methoxy groups -OCH3 is 1. The Morgan fingerprint density at radius 3 is 3.00 bits per heavy atom. The molecule has 1 aromatic heterocycles. The lowest BCUT2D eigenvalue weighted by Crippen LogP contribution is -2.35. The van der Waals surface area contributed by atoms with E-state index < -0.39 is 0 Å². The van der Waals surface area contributed by atoms with Gasteiger partial charge in [0.2, 0.25) is 0 Å². The minimum Gasteiger partial charge on any atom is -0.497 e. The van der Waals surface area contributed by atoms with Gasteiger partial charge in [0, 0.05) is 17.1 Å². The Hall–Kier alpha value is -2.92. The van der Waals surface area contributed by atoms with E-state index in [-0.39, 0.29) is 6.04 Å². The normalized spacial score (nSPS) is 16.7. The van der Waals surface area contributed by atoms with E-state index in [9.17, 15) is 0 Å². The number of H-pyrrole nitrogens is 1. The van der Waals surface area contributed by atoms with Crippen molar-refractivity contribution in [2.75, 3.05) is 13.7 Å². The molecule has 1 aromatic carbocycles. The van der Waals surface area contributed by atoms with Crippen LogP contribution in [0.4, 0.5) is 0 Å². The van der Waals surface area contributed by atoms with Gasteiger partial charge >= 0.3 is 0 Å². The molecule has 1 unspecified atom stereocenters. The average Bonchev–Trinajstić information content (AvgIpc) is 3.19. The zero-order valence-corrected chi connectivity index (χ0v) is 16.8. The Morgan fingerprint density at radius 1 is 1.24 bits per heavy atom. The number of allylic oxidation sites excluding steroid dienone is 3. The second kappa shape index (κ2) is 9.52. The molecule has 152 valence electrons. The maximum absolute atomic E-state index is 5.69. The van der Waals surface area contributed by atoms with Gasteiger partial charge in [-0.2, -0.15) is 0 Å². The van der Waals surface area contributed by atoms with Crippen molar-refractivity contribution in [1.82, 2.24) is 10.3 Å². The highest BCUT2D eigenvalue weighted by Crippen LogP contribution is 2.25. The van der Waals surface area contributed by atoms with Crippen molar-refractivity contribution in [3.05, 3.63) is 78.3 Å². The summed E-state index contributed by atoms with van der Waals surface area (Å²) in [5.41, 5.74) is 3.83. The van der Waals surface area contributed by atoms with Crippen molar-refractivity contribution in [3.63, 3.8) is 0 Å². The molecule has 4 rings (SSSR count). The molecular formula is C24H28N2O3. The Bertz CT molecular complexity index is 952. The van der Waals surface area contributed by atoms with Crippen molar-refractivity contribution < 1.29 is 14.2 Å². The van der Waals surface area contributed by atoms with Crippen LogP contribution >= 0.6 is 0 Å². The Kier molecular flexibility index (Phi) is 6.37. The van der Waals surface area contributed by atoms with Crippen molar-refractivity contribution in [1.29, 1.82) is 0 Å². The molecule has 5 heteroatoms. The summed E-state index contributed by atoms with van der Waals surface area (Å²) >= 11 is 0. The van der Waals surface area contributed by atoms with E-state index in [0.29, 0.717) is 0 Å². The summed E-state index contributed by atoms with van der Waals surface area (Å²) in [6, 6.07) is 6.23. The first kappa shape index (κ1) is 19.4. The van der Waals surface area contributed by atoms with Crippen LogP contribution in [0.2, 0.25) is 0 Å². The number of aryl methyl sites for hydroxylation is 1. The van der Waals surface area contributed by atoms with Gasteiger partial charge in [0.1, 0.15) is 24.5 Å². The fourth-order valence-electron chi connectivity index (χ4n) is 3.86. The van der Waals surface area contributed by atoms with E-state index in [0.717, 1.165) is 55.7 Å². The molecule has 1 aliphatic carbocycles. The van der Waals surface area contributed by atoms with Crippen LogP contribution in [0.1, 0.15) is 31.2 Å². The summed E-state index contributed by atoms with van der Waals surface area (Å²) in [7, 11) is 1.71. The molecule has 0 saturated carbocycles. The number of aromatic amines is 1. The molecule has 2 heterocycles. The smallest absolute Gasteiger partial charge is 0.159 e. The highest BCUT2D eigenvalue weighted by molar-refractivity contribution is 5.84. The van der Waals surface area contributed by atoms with Crippen LogP contribution in [0, 0.1) is 0 Å². The van der Waals surface area contributed by atoms with E-state index in [1.807, 2.05) is 6.07 Å². The molecule has 0 amide bonds. The Morgan fingerprint density at radius 2 is 2.21 bits per heavy atom. The molecule has 0 spiro atoms. The summed E-state index contributed by atoms with van der Waals surface area (Å²) in [5, 5.41) is 4.91. The van der Waals surface area contributed by atoms with Gasteiger partial charge in [0.25, 0.3) is 0 Å². The van der Waals surface area contributed by atoms with Crippen LogP contribution in [0.5, 0.6) is 5.75 Å². The van der Waals surface area contributed by atoms with Crippen molar-refractivity contribution >= 4 is 10.9 Å². The Labute approximate surface area is 171 Å².